The number of benzene rings is 2. The highest BCUT2D eigenvalue weighted by atomic mass is 32.2. The summed E-state index contributed by atoms with van der Waals surface area (Å²) < 4.78 is 81.4. The SMILES string of the molecule is O=S(=O)(NC(Cn1cncn1)c1ccccc1)c1ccc(F)c(C(F)(F)F)c1. The molecule has 28 heavy (non-hydrogen) atoms. The van der Waals surface area contributed by atoms with E-state index in [1.807, 2.05) is 0 Å². The molecule has 0 spiro atoms. The lowest BCUT2D eigenvalue weighted by molar-refractivity contribution is -0.140. The zero-order valence-electron chi connectivity index (χ0n) is 14.1. The second-order valence-electron chi connectivity index (χ2n) is 5.84. The average molecular weight is 414 g/mol. The summed E-state index contributed by atoms with van der Waals surface area (Å²) in [5.41, 5.74) is -1.08. The molecule has 0 saturated carbocycles. The maximum Gasteiger partial charge on any atom is 0.419 e. The van der Waals surface area contributed by atoms with Crippen molar-refractivity contribution in [3.8, 4) is 0 Å². The van der Waals surface area contributed by atoms with Crippen LogP contribution in [0, 0.1) is 5.82 Å². The topological polar surface area (TPSA) is 76.9 Å². The van der Waals surface area contributed by atoms with Crippen LogP contribution in [-0.4, -0.2) is 23.2 Å². The maximum atomic E-state index is 13.5. The second kappa shape index (κ2) is 7.68. The van der Waals surface area contributed by atoms with Crippen molar-refractivity contribution >= 4 is 10.0 Å². The fraction of sp³-hybridized carbons (Fsp3) is 0.176. The average Bonchev–Trinajstić information content (AvgIpc) is 3.14. The van der Waals surface area contributed by atoms with E-state index in [1.165, 1.54) is 17.3 Å². The summed E-state index contributed by atoms with van der Waals surface area (Å²) in [5.74, 6) is -1.55. The summed E-state index contributed by atoms with van der Waals surface area (Å²) in [6.45, 7) is 0.0521. The molecular formula is C17H14F4N4O2S. The Morgan fingerprint density at radius 3 is 2.43 bits per heavy atom. The predicted octanol–water partition coefficient (Wildman–Crippen LogP) is 3.16. The van der Waals surface area contributed by atoms with E-state index in [2.05, 4.69) is 14.8 Å². The highest BCUT2D eigenvalue weighted by Gasteiger charge is 2.35. The van der Waals surface area contributed by atoms with Crippen molar-refractivity contribution in [3.63, 3.8) is 0 Å². The highest BCUT2D eigenvalue weighted by Crippen LogP contribution is 2.33. The van der Waals surface area contributed by atoms with Crippen LogP contribution in [-0.2, 0) is 22.7 Å². The highest BCUT2D eigenvalue weighted by molar-refractivity contribution is 7.89. The molecule has 0 fully saturated rings. The van der Waals surface area contributed by atoms with Crippen molar-refractivity contribution in [2.24, 2.45) is 0 Å². The van der Waals surface area contributed by atoms with Crippen LogP contribution < -0.4 is 4.72 Å². The molecule has 0 radical (unpaired) electrons. The first kappa shape index (κ1) is 20.0. The van der Waals surface area contributed by atoms with Crippen molar-refractivity contribution < 1.29 is 26.0 Å². The summed E-state index contributed by atoms with van der Waals surface area (Å²) in [4.78, 5) is 3.09. The molecule has 0 aliphatic heterocycles. The first-order valence-electron chi connectivity index (χ1n) is 7.93. The third-order valence-electron chi connectivity index (χ3n) is 3.89. The summed E-state index contributed by atoms with van der Waals surface area (Å²) >= 11 is 0. The Morgan fingerprint density at radius 1 is 1.11 bits per heavy atom. The lowest BCUT2D eigenvalue weighted by atomic mass is 10.1. The fourth-order valence-electron chi connectivity index (χ4n) is 2.55. The van der Waals surface area contributed by atoms with Crippen LogP contribution in [0.2, 0.25) is 0 Å². The molecule has 1 heterocycles. The van der Waals surface area contributed by atoms with Crippen LogP contribution >= 0.6 is 0 Å². The van der Waals surface area contributed by atoms with Gasteiger partial charge in [0.25, 0.3) is 0 Å². The molecular weight excluding hydrogens is 400 g/mol. The minimum atomic E-state index is -5.02. The van der Waals surface area contributed by atoms with Gasteiger partial charge in [-0.05, 0) is 23.8 Å². The number of nitrogens with zero attached hydrogens (tertiary/aromatic N) is 3. The molecule has 1 N–H and O–H groups in total. The summed E-state index contributed by atoms with van der Waals surface area (Å²) in [5, 5.41) is 3.91. The molecule has 0 aliphatic rings. The molecule has 0 amide bonds. The van der Waals surface area contributed by atoms with Crippen LogP contribution in [0.4, 0.5) is 17.6 Å². The van der Waals surface area contributed by atoms with Crippen LogP contribution in [0.15, 0.2) is 66.1 Å². The van der Waals surface area contributed by atoms with Crippen molar-refractivity contribution in [1.82, 2.24) is 19.5 Å². The Balaban J connectivity index is 1.95. The Bertz CT molecular complexity index is 1040. The molecule has 3 rings (SSSR count). The third kappa shape index (κ3) is 4.54. The molecule has 1 unspecified atom stereocenters. The van der Waals surface area contributed by atoms with Gasteiger partial charge in [0.1, 0.15) is 18.5 Å². The number of nitrogens with one attached hydrogen (secondary N) is 1. The number of rotatable bonds is 6. The van der Waals surface area contributed by atoms with E-state index < -0.39 is 38.5 Å². The van der Waals surface area contributed by atoms with E-state index >= 15 is 0 Å². The molecule has 11 heteroatoms. The summed E-state index contributed by atoms with van der Waals surface area (Å²) in [6.07, 6.45) is -2.37. The monoisotopic (exact) mass is 414 g/mol. The van der Waals surface area contributed by atoms with Gasteiger partial charge in [0.2, 0.25) is 10.0 Å². The van der Waals surface area contributed by atoms with Gasteiger partial charge < -0.3 is 0 Å². The van der Waals surface area contributed by atoms with Gasteiger partial charge in [-0.3, -0.25) is 4.68 Å². The zero-order valence-corrected chi connectivity index (χ0v) is 15.0. The van der Waals surface area contributed by atoms with Gasteiger partial charge >= 0.3 is 6.18 Å². The van der Waals surface area contributed by atoms with Crippen molar-refractivity contribution in [3.05, 3.63) is 78.1 Å². The molecule has 3 aromatic rings. The molecule has 0 aliphatic carbocycles. The van der Waals surface area contributed by atoms with Gasteiger partial charge in [0, 0.05) is 0 Å². The summed E-state index contributed by atoms with van der Waals surface area (Å²) in [6, 6.07) is 9.14. The number of sulfonamides is 1. The number of aromatic nitrogens is 3. The Hall–Kier alpha value is -2.79. The van der Waals surface area contributed by atoms with Crippen LogP contribution in [0.5, 0.6) is 0 Å². The van der Waals surface area contributed by atoms with Crippen molar-refractivity contribution in [2.75, 3.05) is 0 Å². The normalized spacial score (nSPS) is 13.4. The molecule has 1 aromatic heterocycles. The number of hydrogen-bond acceptors (Lipinski definition) is 4. The van der Waals surface area contributed by atoms with Crippen molar-refractivity contribution in [1.29, 1.82) is 0 Å². The van der Waals surface area contributed by atoms with E-state index in [9.17, 15) is 26.0 Å². The van der Waals surface area contributed by atoms with Gasteiger partial charge in [-0.15, -0.1) is 0 Å². The molecule has 1 atom stereocenters. The largest absolute Gasteiger partial charge is 0.419 e. The molecule has 2 aromatic carbocycles. The van der Waals surface area contributed by atoms with E-state index in [0.29, 0.717) is 11.6 Å². The van der Waals surface area contributed by atoms with Gasteiger partial charge in [-0.25, -0.2) is 22.5 Å². The Morgan fingerprint density at radius 2 is 1.82 bits per heavy atom. The number of alkyl halides is 3. The third-order valence-corrected chi connectivity index (χ3v) is 5.36. The Kier molecular flexibility index (Phi) is 5.47. The fourth-order valence-corrected chi connectivity index (χ4v) is 3.80. The molecule has 0 bridgehead atoms. The minimum Gasteiger partial charge on any atom is -0.251 e. The first-order valence-corrected chi connectivity index (χ1v) is 9.41. The molecule has 6 nitrogen and oxygen atoms in total. The van der Waals surface area contributed by atoms with E-state index in [4.69, 9.17) is 0 Å². The number of halogens is 4. The lowest BCUT2D eigenvalue weighted by Gasteiger charge is -2.20. The van der Waals surface area contributed by atoms with Gasteiger partial charge in [0.15, 0.2) is 0 Å². The molecule has 0 saturated heterocycles. The van der Waals surface area contributed by atoms with E-state index in [-0.39, 0.29) is 12.6 Å². The first-order chi connectivity index (χ1) is 13.2. The predicted molar refractivity (Wildman–Crippen MR) is 90.9 cm³/mol. The lowest BCUT2D eigenvalue weighted by Crippen LogP contribution is -2.32. The summed E-state index contributed by atoms with van der Waals surface area (Å²) in [7, 11) is -4.39. The maximum absolute atomic E-state index is 13.5. The quantitative estimate of drug-likeness (QED) is 0.629. The van der Waals surface area contributed by atoms with Crippen LogP contribution in [0.25, 0.3) is 0 Å². The van der Waals surface area contributed by atoms with Crippen molar-refractivity contribution in [2.45, 2.75) is 23.7 Å². The van der Waals surface area contributed by atoms with Gasteiger partial charge in [-0.2, -0.15) is 18.3 Å². The second-order valence-corrected chi connectivity index (χ2v) is 7.56. The molecule has 148 valence electrons. The number of hydrogen-bond donors (Lipinski definition) is 1. The van der Waals surface area contributed by atoms with Crippen LogP contribution in [0.1, 0.15) is 17.2 Å². The standard InChI is InChI=1S/C17H14F4N4O2S/c18-15-7-6-13(8-14(15)17(19,20)21)28(26,27)24-16(9-25-11-22-10-23-25)12-4-2-1-3-5-12/h1-8,10-11,16,24H,9H2. The van der Waals surface area contributed by atoms with E-state index in [0.717, 1.165) is 6.07 Å². The van der Waals surface area contributed by atoms with Gasteiger partial charge in [0.05, 0.1) is 23.0 Å². The van der Waals surface area contributed by atoms with E-state index in [1.54, 1.807) is 30.3 Å². The smallest absolute Gasteiger partial charge is 0.251 e. The Labute approximate surface area is 157 Å². The van der Waals surface area contributed by atoms with Gasteiger partial charge in [-0.1, -0.05) is 30.3 Å². The van der Waals surface area contributed by atoms with Crippen LogP contribution in [0.3, 0.4) is 0 Å². The minimum absolute atomic E-state index is 0.0521. The zero-order chi connectivity index (χ0) is 20.4.